The van der Waals surface area contributed by atoms with Crippen molar-refractivity contribution in [3.05, 3.63) is 96.5 Å². The number of ketones is 1. The van der Waals surface area contributed by atoms with Gasteiger partial charge in [-0.1, -0.05) is 84.4 Å². The van der Waals surface area contributed by atoms with Gasteiger partial charge >= 0.3 is 39.0 Å². The summed E-state index contributed by atoms with van der Waals surface area (Å²) in [6, 6.07) is 16.9. The Morgan fingerprint density at radius 2 is 1.19 bits per heavy atom. The molecule has 3 N–H and O–H groups in total. The fourth-order valence-corrected chi connectivity index (χ4v) is 5.68. The third kappa shape index (κ3) is 20.2. The van der Waals surface area contributed by atoms with Gasteiger partial charge in [0.15, 0.2) is 5.78 Å². The van der Waals surface area contributed by atoms with Crippen LogP contribution in [0.15, 0.2) is 89.8 Å². The van der Waals surface area contributed by atoms with Crippen molar-refractivity contribution in [2.45, 2.75) is 26.9 Å². The number of carbonyl (C=O) groups is 1. The van der Waals surface area contributed by atoms with E-state index < -0.39 is 0 Å². The SMILES string of the molecule is CC#N.CC(=O)/C=C(/C)[O-].CO.O.[O-]c1ccc(Br)cc1C=NCCN1CCN(CCN=Cc2cc(Br)ccc2[O-])C1c1cc(Br)ccc1[O-].[Zn+2].[Zn+2]. The van der Waals surface area contributed by atoms with Crippen LogP contribution in [-0.4, -0.2) is 85.0 Å². The second-order valence-corrected chi connectivity index (χ2v) is 12.9. The van der Waals surface area contributed by atoms with Crippen molar-refractivity contribution in [3.8, 4) is 23.3 Å². The van der Waals surface area contributed by atoms with E-state index in [-0.39, 0.29) is 79.4 Å². The average molecular weight is 1010 g/mol. The maximum atomic E-state index is 12.8. The number of hydrogen-bond acceptors (Lipinski definition) is 11. The number of nitriles is 1. The number of benzene rings is 3. The minimum absolute atomic E-state index is 0. The van der Waals surface area contributed by atoms with Gasteiger partial charge in [-0.15, -0.1) is 11.5 Å². The summed E-state index contributed by atoms with van der Waals surface area (Å²) in [6.45, 7) is 7.92. The molecule has 3 aromatic carbocycles. The van der Waals surface area contributed by atoms with Gasteiger partial charge in [0, 0.05) is 66.1 Å². The third-order valence-electron chi connectivity index (χ3n) is 6.46. The first-order valence-electron chi connectivity index (χ1n) is 14.8. The zero-order valence-corrected chi connectivity index (χ0v) is 40.2. The van der Waals surface area contributed by atoms with E-state index in [0.29, 0.717) is 42.9 Å². The van der Waals surface area contributed by atoms with Crippen molar-refractivity contribution in [3.63, 3.8) is 0 Å². The molecule has 4 rings (SSSR count). The number of rotatable bonds is 10. The van der Waals surface area contributed by atoms with Gasteiger partial charge in [-0.2, -0.15) is 5.26 Å². The summed E-state index contributed by atoms with van der Waals surface area (Å²) >= 11 is 10.3. The van der Waals surface area contributed by atoms with Crippen LogP contribution in [0.25, 0.3) is 0 Å². The molecule has 0 spiro atoms. The molecule has 1 fully saturated rings. The first-order chi connectivity index (χ1) is 23.4. The van der Waals surface area contributed by atoms with Gasteiger partial charge < -0.3 is 31.0 Å². The van der Waals surface area contributed by atoms with Gasteiger partial charge in [-0.05, 0) is 66.1 Å². The maximum Gasteiger partial charge on any atom is 2.00 e. The molecule has 0 radical (unpaired) electrons. The van der Waals surface area contributed by atoms with Crippen LogP contribution in [0.1, 0.15) is 43.6 Å². The molecule has 0 saturated carbocycles. The summed E-state index contributed by atoms with van der Waals surface area (Å²) in [5, 5.41) is 61.1. The predicted molar refractivity (Wildman–Crippen MR) is 199 cm³/mol. The molecule has 17 heteroatoms. The molecule has 0 aliphatic carbocycles. The van der Waals surface area contributed by atoms with Gasteiger partial charge in [0.05, 0.1) is 25.3 Å². The maximum absolute atomic E-state index is 12.8. The number of nitrogens with zero attached hydrogens (tertiary/aromatic N) is 5. The topological polar surface area (TPSA) is 216 Å². The van der Waals surface area contributed by atoms with Gasteiger partial charge in [0.1, 0.15) is 0 Å². The van der Waals surface area contributed by atoms with Crippen molar-refractivity contribution >= 4 is 66.0 Å². The van der Waals surface area contributed by atoms with Crippen molar-refractivity contribution in [1.82, 2.24) is 9.80 Å². The van der Waals surface area contributed by atoms with Crippen LogP contribution in [0.2, 0.25) is 0 Å². The second kappa shape index (κ2) is 30.0. The Morgan fingerprint density at radius 1 is 0.827 bits per heavy atom. The Bertz CT molecular complexity index is 1570. The zero-order valence-electron chi connectivity index (χ0n) is 29.5. The summed E-state index contributed by atoms with van der Waals surface area (Å²) in [6.07, 6.45) is 4.06. The summed E-state index contributed by atoms with van der Waals surface area (Å²) < 4.78 is 2.51. The van der Waals surface area contributed by atoms with Gasteiger partial charge in [0.25, 0.3) is 0 Å². The average Bonchev–Trinajstić information content (AvgIpc) is 3.45. The largest absolute Gasteiger partial charge is 2.00 e. The van der Waals surface area contributed by atoms with Crippen molar-refractivity contribution < 1.29 is 74.8 Å². The fourth-order valence-electron chi connectivity index (χ4n) is 4.54. The van der Waals surface area contributed by atoms with Crippen molar-refractivity contribution in [2.24, 2.45) is 9.98 Å². The van der Waals surface area contributed by atoms with Crippen molar-refractivity contribution in [2.75, 3.05) is 46.4 Å². The molecule has 12 nitrogen and oxygen atoms in total. The molecule has 0 amide bonds. The summed E-state index contributed by atoms with van der Waals surface area (Å²) in [5.74, 6) is -0.544. The molecular weight excluding hydrogens is 973 g/mol. The van der Waals surface area contributed by atoms with E-state index in [2.05, 4.69) is 67.6 Å². The first-order valence-corrected chi connectivity index (χ1v) is 17.2. The van der Waals surface area contributed by atoms with E-state index >= 15 is 0 Å². The summed E-state index contributed by atoms with van der Waals surface area (Å²) in [4.78, 5) is 23.4. The number of aliphatic hydroxyl groups is 1. The molecular formula is C35H40Br3N5O7Zn2. The Hall–Kier alpha value is -2.37. The number of allylic oxidation sites excluding steroid dienone is 2. The quantitative estimate of drug-likeness (QED) is 0.136. The summed E-state index contributed by atoms with van der Waals surface area (Å²) in [7, 11) is 1.00. The number of carbonyl (C=O) groups excluding carboxylic acids is 1. The van der Waals surface area contributed by atoms with E-state index in [1.807, 2.05) is 6.07 Å². The number of aliphatic hydroxyl groups excluding tert-OH is 1. The molecule has 1 saturated heterocycles. The fraction of sp³-hybridized carbons (Fsp3) is 0.314. The Labute approximate surface area is 356 Å². The second-order valence-electron chi connectivity index (χ2n) is 10.2. The minimum Gasteiger partial charge on any atom is -0.876 e. The Morgan fingerprint density at radius 3 is 1.54 bits per heavy atom. The molecule has 3 aromatic rings. The van der Waals surface area contributed by atoms with Crippen LogP contribution >= 0.6 is 47.8 Å². The summed E-state index contributed by atoms with van der Waals surface area (Å²) in [5.41, 5.74) is 1.77. The van der Waals surface area contributed by atoms with Crippen LogP contribution in [0, 0.1) is 11.3 Å². The van der Waals surface area contributed by atoms with Gasteiger partial charge in [0.2, 0.25) is 0 Å². The van der Waals surface area contributed by atoms with E-state index in [9.17, 15) is 25.2 Å². The van der Waals surface area contributed by atoms with Gasteiger partial charge in [-0.3, -0.25) is 24.6 Å². The molecule has 1 aliphatic rings. The molecule has 272 valence electrons. The number of aliphatic imine (C=N–C) groups is 2. The van der Waals surface area contributed by atoms with E-state index in [0.717, 1.165) is 39.7 Å². The Balaban J connectivity index is -0.00000140. The molecule has 0 aromatic heterocycles. The zero-order chi connectivity index (χ0) is 36.9. The van der Waals surface area contributed by atoms with Crippen LogP contribution in [0.5, 0.6) is 17.2 Å². The first kappa shape index (κ1) is 54.0. The van der Waals surface area contributed by atoms with Crippen LogP contribution < -0.4 is 20.4 Å². The molecule has 1 aliphatic heterocycles. The van der Waals surface area contributed by atoms with Crippen LogP contribution in [0.4, 0.5) is 0 Å². The monoisotopic (exact) mass is 1010 g/mol. The smallest absolute Gasteiger partial charge is 0.876 e. The van der Waals surface area contributed by atoms with Crippen LogP contribution in [0.3, 0.4) is 0 Å². The van der Waals surface area contributed by atoms with E-state index in [1.54, 1.807) is 54.9 Å². The molecule has 0 unspecified atom stereocenters. The molecule has 0 bridgehead atoms. The van der Waals surface area contributed by atoms with E-state index in [4.69, 9.17) is 10.4 Å². The minimum atomic E-state index is -0.211. The number of halogens is 3. The third-order valence-corrected chi connectivity index (χ3v) is 7.94. The predicted octanol–water partition coefficient (Wildman–Crippen LogP) is 3.20. The van der Waals surface area contributed by atoms with Crippen molar-refractivity contribution in [1.29, 1.82) is 5.26 Å². The standard InChI is InChI=1S/C27H27Br3N4O3.C5H8O2.C2H3N.CH4O.H2O.2Zn/c28-20-1-4-24(35)18(13-20)16-31-7-9-33-11-12-34(27(33)23-15-22(30)3-6-26(23)37)10-8-32-17-19-14-21(29)2-5-25(19)36;1-4(6)3-5(2)7;1-2-3;1-2;;;/h1-6,13-17,27,35-37H,7-12H2;3,6H,1-2H3;1H3;2H,1H3;1H2;;/q;;;;;2*+2/p-4/b;4-3-;;;;;. The van der Waals surface area contributed by atoms with E-state index in [1.165, 1.54) is 32.9 Å². The molecule has 52 heavy (non-hydrogen) atoms. The number of hydrogen-bond donors (Lipinski definition) is 1. The molecule has 0 atom stereocenters. The normalized spacial score (nSPS) is 13.8. The Kier molecular flexibility index (Phi) is 31.1. The van der Waals surface area contributed by atoms with Gasteiger partial charge in [-0.25, -0.2) is 0 Å². The molecule has 1 heterocycles. The van der Waals surface area contributed by atoms with Crippen LogP contribution in [-0.2, 0) is 43.8 Å².